The lowest BCUT2D eigenvalue weighted by Gasteiger charge is -2.18. The van der Waals surface area contributed by atoms with Crippen molar-refractivity contribution in [3.8, 4) is 0 Å². The maximum atomic E-state index is 12.2. The maximum Gasteiger partial charge on any atom is 0.267 e. The van der Waals surface area contributed by atoms with E-state index in [4.69, 9.17) is 4.74 Å². The van der Waals surface area contributed by atoms with Crippen LogP contribution in [-0.2, 0) is 25.4 Å². The highest BCUT2D eigenvalue weighted by atomic mass is 16.5. The molecule has 2 fully saturated rings. The summed E-state index contributed by atoms with van der Waals surface area (Å²) < 4.78 is 9.84. The minimum atomic E-state index is -0.0358. The van der Waals surface area contributed by atoms with Crippen molar-refractivity contribution < 1.29 is 9.53 Å². The number of rotatable bonds is 5. The van der Waals surface area contributed by atoms with E-state index in [0.717, 1.165) is 26.1 Å². The SMILES string of the molecule is Cn1cc(CN2C[C@H]3C[C@H](CNC(=O)c4cccn4C)O[C@H]3C2)cn1. The van der Waals surface area contributed by atoms with E-state index in [9.17, 15) is 4.79 Å². The van der Waals surface area contributed by atoms with E-state index in [0.29, 0.717) is 18.2 Å². The van der Waals surface area contributed by atoms with Gasteiger partial charge in [0, 0.05) is 64.1 Å². The molecule has 2 aliphatic rings. The van der Waals surface area contributed by atoms with E-state index < -0.39 is 0 Å². The van der Waals surface area contributed by atoms with Gasteiger partial charge in [0.25, 0.3) is 5.91 Å². The smallest absolute Gasteiger partial charge is 0.267 e. The van der Waals surface area contributed by atoms with E-state index in [1.807, 2.05) is 47.9 Å². The first-order valence-electron chi connectivity index (χ1n) is 8.83. The standard InChI is InChI=1S/C18H25N5O2/c1-21-5-3-4-16(21)18(24)19-8-15-6-14-11-23(12-17(14)25-15)10-13-7-20-22(2)9-13/h3-5,7,9,14-15,17H,6,8,10-12H2,1-2H3,(H,19,24)/t14-,15-,17+/m1/s1. The number of likely N-dealkylation sites (tertiary alicyclic amines) is 1. The van der Waals surface area contributed by atoms with Crippen molar-refractivity contribution in [1.82, 2.24) is 24.6 Å². The normalized spacial score (nSPS) is 26.1. The van der Waals surface area contributed by atoms with Crippen molar-refractivity contribution in [3.63, 3.8) is 0 Å². The van der Waals surface area contributed by atoms with Crippen LogP contribution in [0.1, 0.15) is 22.5 Å². The fourth-order valence-electron chi connectivity index (χ4n) is 4.01. The molecule has 0 radical (unpaired) electrons. The lowest BCUT2D eigenvalue weighted by Crippen LogP contribution is -2.34. The summed E-state index contributed by atoms with van der Waals surface area (Å²) in [5, 5.41) is 7.23. The van der Waals surface area contributed by atoms with Gasteiger partial charge in [-0.3, -0.25) is 14.4 Å². The third kappa shape index (κ3) is 3.48. The minimum absolute atomic E-state index is 0.0358. The number of hydrogen-bond acceptors (Lipinski definition) is 4. The molecule has 7 nitrogen and oxygen atoms in total. The number of carbonyl (C=O) groups excluding carboxylic acids is 1. The summed E-state index contributed by atoms with van der Waals surface area (Å²) in [6.07, 6.45) is 7.30. The largest absolute Gasteiger partial charge is 0.371 e. The Morgan fingerprint density at radius 1 is 1.40 bits per heavy atom. The predicted molar refractivity (Wildman–Crippen MR) is 93.0 cm³/mol. The average molecular weight is 343 g/mol. The monoisotopic (exact) mass is 343 g/mol. The third-order valence-corrected chi connectivity index (χ3v) is 5.22. The van der Waals surface area contributed by atoms with Gasteiger partial charge in [0.15, 0.2) is 0 Å². The summed E-state index contributed by atoms with van der Waals surface area (Å²) in [7, 11) is 3.82. The Hall–Kier alpha value is -2.12. The molecule has 0 aliphatic carbocycles. The Morgan fingerprint density at radius 2 is 2.28 bits per heavy atom. The van der Waals surface area contributed by atoms with Crippen LogP contribution in [-0.4, -0.2) is 57.0 Å². The van der Waals surface area contributed by atoms with Crippen LogP contribution in [0.4, 0.5) is 0 Å². The summed E-state index contributed by atoms with van der Waals surface area (Å²) in [6, 6.07) is 3.71. The van der Waals surface area contributed by atoms with Crippen LogP contribution in [0.3, 0.4) is 0 Å². The summed E-state index contributed by atoms with van der Waals surface area (Å²) >= 11 is 0. The molecule has 134 valence electrons. The molecule has 1 amide bonds. The Labute approximate surface area is 147 Å². The van der Waals surface area contributed by atoms with Crippen molar-refractivity contribution in [3.05, 3.63) is 42.0 Å². The first-order chi connectivity index (χ1) is 12.1. The number of ether oxygens (including phenoxy) is 1. The first kappa shape index (κ1) is 16.4. The minimum Gasteiger partial charge on any atom is -0.371 e. The van der Waals surface area contributed by atoms with Crippen LogP contribution < -0.4 is 5.32 Å². The number of aromatic nitrogens is 3. The highest BCUT2D eigenvalue weighted by molar-refractivity contribution is 5.92. The molecule has 2 saturated heterocycles. The average Bonchev–Trinajstić information content (AvgIpc) is 3.30. The summed E-state index contributed by atoms with van der Waals surface area (Å²) in [5.74, 6) is 0.528. The van der Waals surface area contributed by atoms with Crippen molar-refractivity contribution in [2.24, 2.45) is 20.0 Å². The molecule has 4 rings (SSSR count). The first-order valence-corrected chi connectivity index (χ1v) is 8.83. The van der Waals surface area contributed by atoms with Gasteiger partial charge in [0.05, 0.1) is 18.4 Å². The Balaban J connectivity index is 1.24. The number of amides is 1. The second-order valence-corrected chi connectivity index (χ2v) is 7.22. The van der Waals surface area contributed by atoms with E-state index >= 15 is 0 Å². The molecular formula is C18H25N5O2. The molecule has 2 aromatic heterocycles. The lowest BCUT2D eigenvalue weighted by molar-refractivity contribution is 0.0371. The van der Waals surface area contributed by atoms with Crippen molar-refractivity contribution in [2.45, 2.75) is 25.2 Å². The number of carbonyl (C=O) groups is 1. The second kappa shape index (κ2) is 6.65. The Bertz CT molecular complexity index is 738. The number of nitrogens with zero attached hydrogens (tertiary/aromatic N) is 4. The molecule has 25 heavy (non-hydrogen) atoms. The predicted octanol–water partition coefficient (Wildman–Crippen LogP) is 0.778. The molecule has 0 saturated carbocycles. The number of nitrogens with one attached hydrogen (secondary N) is 1. The van der Waals surface area contributed by atoms with Gasteiger partial charge >= 0.3 is 0 Å². The number of hydrogen-bond donors (Lipinski definition) is 1. The summed E-state index contributed by atoms with van der Waals surface area (Å²) in [6.45, 7) is 3.53. The van der Waals surface area contributed by atoms with Crippen LogP contribution in [0.2, 0.25) is 0 Å². The number of fused-ring (bicyclic) bond motifs is 1. The molecular weight excluding hydrogens is 318 g/mol. The number of aryl methyl sites for hydroxylation is 2. The van der Waals surface area contributed by atoms with Crippen LogP contribution >= 0.6 is 0 Å². The molecule has 0 unspecified atom stereocenters. The Morgan fingerprint density at radius 3 is 2.96 bits per heavy atom. The summed E-state index contributed by atoms with van der Waals surface area (Å²) in [5.41, 5.74) is 1.93. The van der Waals surface area contributed by atoms with Crippen molar-refractivity contribution in [2.75, 3.05) is 19.6 Å². The molecule has 2 aromatic rings. The van der Waals surface area contributed by atoms with Gasteiger partial charge in [0.1, 0.15) is 5.69 Å². The zero-order valence-corrected chi connectivity index (χ0v) is 14.8. The van der Waals surface area contributed by atoms with Crippen molar-refractivity contribution in [1.29, 1.82) is 0 Å². The van der Waals surface area contributed by atoms with E-state index in [2.05, 4.69) is 21.5 Å². The van der Waals surface area contributed by atoms with Gasteiger partial charge in [-0.15, -0.1) is 0 Å². The van der Waals surface area contributed by atoms with Gasteiger partial charge in [-0.2, -0.15) is 5.10 Å². The lowest BCUT2D eigenvalue weighted by atomic mass is 10.0. The van der Waals surface area contributed by atoms with Crippen LogP contribution in [0.5, 0.6) is 0 Å². The van der Waals surface area contributed by atoms with Crippen LogP contribution in [0.25, 0.3) is 0 Å². The van der Waals surface area contributed by atoms with Gasteiger partial charge in [-0.1, -0.05) is 0 Å². The third-order valence-electron chi connectivity index (χ3n) is 5.22. The van der Waals surface area contributed by atoms with Crippen molar-refractivity contribution >= 4 is 5.91 Å². The van der Waals surface area contributed by atoms with Gasteiger partial charge in [-0.25, -0.2) is 0 Å². The van der Waals surface area contributed by atoms with Gasteiger partial charge in [0.2, 0.25) is 0 Å². The molecule has 2 aliphatic heterocycles. The second-order valence-electron chi connectivity index (χ2n) is 7.22. The molecule has 0 aromatic carbocycles. The summed E-state index contributed by atoms with van der Waals surface area (Å²) in [4.78, 5) is 14.6. The van der Waals surface area contributed by atoms with Gasteiger partial charge < -0.3 is 14.6 Å². The Kier molecular flexibility index (Phi) is 4.35. The fraction of sp³-hybridized carbons (Fsp3) is 0.556. The zero-order valence-electron chi connectivity index (χ0n) is 14.8. The zero-order chi connectivity index (χ0) is 17.4. The fourth-order valence-corrected chi connectivity index (χ4v) is 4.01. The molecule has 3 atom stereocenters. The van der Waals surface area contributed by atoms with E-state index in [1.54, 1.807) is 0 Å². The molecule has 7 heteroatoms. The molecule has 4 heterocycles. The van der Waals surface area contributed by atoms with Crippen LogP contribution in [0.15, 0.2) is 30.7 Å². The van der Waals surface area contributed by atoms with Crippen LogP contribution in [0, 0.1) is 5.92 Å². The van der Waals surface area contributed by atoms with E-state index in [-0.39, 0.29) is 18.1 Å². The molecule has 0 bridgehead atoms. The highest BCUT2D eigenvalue weighted by Crippen LogP contribution is 2.33. The highest BCUT2D eigenvalue weighted by Gasteiger charge is 2.41. The molecule has 1 N–H and O–H groups in total. The molecule has 0 spiro atoms. The quantitative estimate of drug-likeness (QED) is 0.871. The van der Waals surface area contributed by atoms with E-state index in [1.165, 1.54) is 5.56 Å². The maximum absolute atomic E-state index is 12.2. The topological polar surface area (TPSA) is 64.3 Å². The van der Waals surface area contributed by atoms with Gasteiger partial charge in [-0.05, 0) is 18.6 Å².